The van der Waals surface area contributed by atoms with Gasteiger partial charge in [0.15, 0.2) is 0 Å². The zero-order valence-electron chi connectivity index (χ0n) is 18.0. The van der Waals surface area contributed by atoms with E-state index >= 15 is 0 Å². The molecule has 3 atom stereocenters. The highest BCUT2D eigenvalue weighted by Gasteiger charge is 2.54. The van der Waals surface area contributed by atoms with Gasteiger partial charge in [-0.1, -0.05) is 72.3 Å². The number of aliphatic hydroxyl groups excluding tert-OH is 1. The molecule has 0 aliphatic carbocycles. The topological polar surface area (TPSA) is 60.9 Å². The summed E-state index contributed by atoms with van der Waals surface area (Å²) in [4.78, 5) is 29.2. The summed E-state index contributed by atoms with van der Waals surface area (Å²) in [5.74, 6) is -0.223. The van der Waals surface area contributed by atoms with Crippen molar-refractivity contribution in [3.63, 3.8) is 0 Å². The Morgan fingerprint density at radius 3 is 2.19 bits per heavy atom. The molecule has 162 valence electrons. The maximum atomic E-state index is 12.9. The normalized spacial score (nSPS) is 22.3. The van der Waals surface area contributed by atoms with E-state index in [-0.39, 0.29) is 43.0 Å². The van der Waals surface area contributed by atoms with E-state index in [4.69, 9.17) is 0 Å². The number of carbonyl (C=O) groups is 2. The Kier molecular flexibility index (Phi) is 5.27. The van der Waals surface area contributed by atoms with Gasteiger partial charge in [-0.05, 0) is 35.7 Å². The van der Waals surface area contributed by atoms with Gasteiger partial charge in [0.25, 0.3) is 5.91 Å². The lowest BCUT2D eigenvalue weighted by Gasteiger charge is -2.58. The van der Waals surface area contributed by atoms with Crippen molar-refractivity contribution in [3.8, 4) is 11.1 Å². The number of hydrogen-bond acceptors (Lipinski definition) is 3. The van der Waals surface area contributed by atoms with E-state index in [1.54, 1.807) is 21.9 Å². The van der Waals surface area contributed by atoms with Crippen LogP contribution in [0.4, 0.5) is 0 Å². The maximum absolute atomic E-state index is 12.9. The lowest BCUT2D eigenvalue weighted by molar-refractivity contribution is -0.159. The smallest absolute Gasteiger partial charge is 0.254 e. The van der Waals surface area contributed by atoms with Crippen molar-refractivity contribution in [2.75, 3.05) is 19.7 Å². The van der Waals surface area contributed by atoms with Gasteiger partial charge in [-0.2, -0.15) is 0 Å². The maximum Gasteiger partial charge on any atom is 0.254 e. The van der Waals surface area contributed by atoms with Crippen LogP contribution >= 0.6 is 0 Å². The lowest BCUT2D eigenvalue weighted by Crippen LogP contribution is -2.73. The molecule has 0 saturated carbocycles. The van der Waals surface area contributed by atoms with E-state index in [1.165, 1.54) is 5.56 Å². The highest BCUT2D eigenvalue weighted by Crippen LogP contribution is 2.43. The van der Waals surface area contributed by atoms with Gasteiger partial charge in [-0.15, -0.1) is 0 Å². The summed E-state index contributed by atoms with van der Waals surface area (Å²) in [5.41, 5.74) is 5.19. The number of carbonyl (C=O) groups excluding carboxylic acids is 2. The van der Waals surface area contributed by atoms with Crippen LogP contribution in [0.25, 0.3) is 11.1 Å². The van der Waals surface area contributed by atoms with Crippen molar-refractivity contribution in [1.82, 2.24) is 9.80 Å². The number of fused-ring (bicyclic) bond motifs is 1. The molecule has 32 heavy (non-hydrogen) atoms. The Morgan fingerprint density at radius 2 is 1.56 bits per heavy atom. The molecule has 2 aliphatic heterocycles. The summed E-state index contributed by atoms with van der Waals surface area (Å²) in [6, 6.07) is 25.5. The van der Waals surface area contributed by atoms with E-state index in [2.05, 4.69) is 55.5 Å². The molecule has 0 unspecified atom stereocenters. The molecule has 3 aromatic carbocycles. The minimum Gasteiger partial charge on any atom is -0.394 e. The number of nitrogens with zero attached hydrogens (tertiary/aromatic N) is 2. The average molecular weight is 427 g/mol. The molecule has 5 heteroatoms. The molecule has 2 fully saturated rings. The van der Waals surface area contributed by atoms with Gasteiger partial charge in [0, 0.05) is 18.0 Å². The van der Waals surface area contributed by atoms with Gasteiger partial charge in [-0.25, -0.2) is 0 Å². The molecule has 0 aromatic heterocycles. The molecule has 2 aliphatic rings. The van der Waals surface area contributed by atoms with Gasteiger partial charge in [-0.3, -0.25) is 9.59 Å². The molecular weight excluding hydrogens is 400 g/mol. The molecule has 2 heterocycles. The quantitative estimate of drug-likeness (QED) is 0.695. The van der Waals surface area contributed by atoms with Crippen molar-refractivity contribution in [1.29, 1.82) is 0 Å². The minimum atomic E-state index is -0.244. The van der Waals surface area contributed by atoms with Gasteiger partial charge >= 0.3 is 0 Å². The van der Waals surface area contributed by atoms with Crippen LogP contribution in [0.1, 0.15) is 27.4 Å². The predicted octanol–water partition coefficient (Wildman–Crippen LogP) is 3.47. The molecule has 2 amide bonds. The molecule has 5 rings (SSSR count). The second-order valence-corrected chi connectivity index (χ2v) is 8.68. The average Bonchev–Trinajstić information content (AvgIpc) is 2.81. The second kappa shape index (κ2) is 8.24. The Hall–Kier alpha value is -3.44. The van der Waals surface area contributed by atoms with Crippen molar-refractivity contribution in [2.45, 2.75) is 24.9 Å². The van der Waals surface area contributed by atoms with Crippen molar-refractivity contribution >= 4 is 11.8 Å². The third-order valence-electron chi connectivity index (χ3n) is 6.74. The standard InChI is InChI=1S/C27H26N2O3/c1-18-7-9-19(10-8-18)20-11-13-21(14-12-20)26-23-15-28(16-25(31)29(23)24(26)17-30)27(32)22-5-3-2-4-6-22/h2-14,23-24,26,30H,15-17H2,1H3/t23-,24-,26+/m1/s1. The van der Waals surface area contributed by atoms with Crippen molar-refractivity contribution in [3.05, 3.63) is 95.6 Å². The van der Waals surface area contributed by atoms with Crippen LogP contribution in [0.2, 0.25) is 0 Å². The summed E-state index contributed by atoms with van der Waals surface area (Å²) in [5, 5.41) is 10.0. The van der Waals surface area contributed by atoms with Crippen LogP contribution in [0.5, 0.6) is 0 Å². The second-order valence-electron chi connectivity index (χ2n) is 8.68. The highest BCUT2D eigenvalue weighted by molar-refractivity contribution is 5.97. The van der Waals surface area contributed by atoms with Crippen LogP contribution in [0.15, 0.2) is 78.9 Å². The Balaban J connectivity index is 1.38. The fourth-order valence-corrected chi connectivity index (χ4v) is 5.06. The van der Waals surface area contributed by atoms with E-state index in [0.717, 1.165) is 16.7 Å². The Labute approximate surface area is 187 Å². The van der Waals surface area contributed by atoms with Gasteiger partial charge in [0.05, 0.1) is 18.7 Å². The first-order valence-corrected chi connectivity index (χ1v) is 11.0. The van der Waals surface area contributed by atoms with E-state index in [9.17, 15) is 14.7 Å². The van der Waals surface area contributed by atoms with Crippen LogP contribution in [-0.2, 0) is 4.79 Å². The molecule has 2 saturated heterocycles. The minimum absolute atomic E-state index is 0.00221. The van der Waals surface area contributed by atoms with E-state index < -0.39 is 0 Å². The molecule has 3 aromatic rings. The zero-order valence-corrected chi connectivity index (χ0v) is 18.0. The van der Waals surface area contributed by atoms with Crippen LogP contribution < -0.4 is 0 Å². The number of hydrogen-bond donors (Lipinski definition) is 1. The van der Waals surface area contributed by atoms with Crippen molar-refractivity contribution in [2.24, 2.45) is 0 Å². The third kappa shape index (κ3) is 3.49. The van der Waals surface area contributed by atoms with Crippen LogP contribution in [-0.4, -0.2) is 58.5 Å². The Bertz CT molecular complexity index is 1130. The zero-order chi connectivity index (χ0) is 22.2. The molecule has 0 spiro atoms. The first-order valence-electron chi connectivity index (χ1n) is 11.0. The van der Waals surface area contributed by atoms with Gasteiger partial charge in [0.1, 0.15) is 6.54 Å². The number of aliphatic hydroxyl groups is 1. The van der Waals surface area contributed by atoms with Gasteiger partial charge in [0.2, 0.25) is 5.91 Å². The molecule has 5 nitrogen and oxygen atoms in total. The summed E-state index contributed by atoms with van der Waals surface area (Å²) in [6.45, 7) is 2.51. The number of aryl methyl sites for hydroxylation is 1. The molecule has 0 radical (unpaired) electrons. The Morgan fingerprint density at radius 1 is 0.938 bits per heavy atom. The molecule has 0 bridgehead atoms. The largest absolute Gasteiger partial charge is 0.394 e. The van der Waals surface area contributed by atoms with Gasteiger partial charge < -0.3 is 14.9 Å². The number of rotatable bonds is 4. The predicted molar refractivity (Wildman–Crippen MR) is 123 cm³/mol. The first kappa shape index (κ1) is 20.5. The third-order valence-corrected chi connectivity index (χ3v) is 6.74. The summed E-state index contributed by atoms with van der Waals surface area (Å²) >= 11 is 0. The summed E-state index contributed by atoms with van der Waals surface area (Å²) < 4.78 is 0. The fourth-order valence-electron chi connectivity index (χ4n) is 5.06. The van der Waals surface area contributed by atoms with Crippen LogP contribution in [0, 0.1) is 6.92 Å². The monoisotopic (exact) mass is 426 g/mol. The van der Waals surface area contributed by atoms with Crippen molar-refractivity contribution < 1.29 is 14.7 Å². The number of benzene rings is 3. The number of amides is 2. The molecule has 1 N–H and O–H groups in total. The summed E-state index contributed by atoms with van der Waals surface area (Å²) in [6.07, 6.45) is 0. The van der Waals surface area contributed by atoms with E-state index in [1.807, 2.05) is 18.2 Å². The SMILES string of the molecule is Cc1ccc(-c2ccc([C@@H]3[C@@H](CO)N4C(=O)CN(C(=O)c5ccccc5)C[C@H]34)cc2)cc1. The first-order chi connectivity index (χ1) is 15.6. The highest BCUT2D eigenvalue weighted by atomic mass is 16.3. The summed E-state index contributed by atoms with van der Waals surface area (Å²) in [7, 11) is 0. The molecular formula is C27H26N2O3. The van der Waals surface area contributed by atoms with Crippen LogP contribution in [0.3, 0.4) is 0 Å². The number of piperazine rings is 1. The lowest BCUT2D eigenvalue weighted by atomic mass is 9.73. The van der Waals surface area contributed by atoms with E-state index in [0.29, 0.717) is 12.1 Å². The fraction of sp³-hybridized carbons (Fsp3) is 0.259.